The van der Waals surface area contributed by atoms with Gasteiger partial charge in [0.1, 0.15) is 24.7 Å². The van der Waals surface area contributed by atoms with Crippen LogP contribution < -0.4 is 4.74 Å². The van der Waals surface area contributed by atoms with E-state index in [1.807, 2.05) is 31.2 Å². The predicted molar refractivity (Wildman–Crippen MR) is 98.2 cm³/mol. The number of hydrazone groups is 1. The zero-order valence-electron chi connectivity index (χ0n) is 15.1. The topological polar surface area (TPSA) is 102 Å². The number of hydrogen-bond acceptors (Lipinski definition) is 7. The molecule has 9 heteroatoms. The van der Waals surface area contributed by atoms with Crippen LogP contribution in [0.5, 0.6) is 5.75 Å². The Morgan fingerprint density at radius 2 is 1.96 bits per heavy atom. The number of hydrogen-bond donors (Lipinski definition) is 0. The van der Waals surface area contributed by atoms with E-state index in [0.717, 1.165) is 10.6 Å². The van der Waals surface area contributed by atoms with Crippen molar-refractivity contribution >= 4 is 27.4 Å². The standard InChI is InChI=1S/C18H22N2O6S/c1-13-2-4-15(5-3-13)25-9-10-26-18(22)16-6-7-17(21)20(19-16)14-8-11-27(23,24)12-14/h2-5,14H,6-12H2,1H3/t14-/m0/s1. The number of amides is 1. The summed E-state index contributed by atoms with van der Waals surface area (Å²) in [5.74, 6) is -0.273. The first-order chi connectivity index (χ1) is 12.8. The Hall–Kier alpha value is -2.42. The number of benzene rings is 1. The number of aryl methyl sites for hydroxylation is 1. The Morgan fingerprint density at radius 3 is 2.63 bits per heavy atom. The highest BCUT2D eigenvalue weighted by Crippen LogP contribution is 2.22. The monoisotopic (exact) mass is 394 g/mol. The molecule has 2 aliphatic heterocycles. The van der Waals surface area contributed by atoms with E-state index in [2.05, 4.69) is 5.10 Å². The second-order valence-corrected chi connectivity index (χ2v) is 8.87. The highest BCUT2D eigenvalue weighted by atomic mass is 32.2. The van der Waals surface area contributed by atoms with E-state index in [4.69, 9.17) is 9.47 Å². The number of rotatable bonds is 6. The molecule has 0 aromatic heterocycles. The number of nitrogens with zero attached hydrogens (tertiary/aromatic N) is 2. The zero-order valence-corrected chi connectivity index (χ0v) is 15.9. The van der Waals surface area contributed by atoms with E-state index in [9.17, 15) is 18.0 Å². The zero-order chi connectivity index (χ0) is 19.4. The average Bonchev–Trinajstić information content (AvgIpc) is 3.00. The molecule has 146 valence electrons. The van der Waals surface area contributed by atoms with Crippen molar-refractivity contribution < 1.29 is 27.5 Å². The van der Waals surface area contributed by atoms with Crippen LogP contribution in [0.1, 0.15) is 24.8 Å². The predicted octanol–water partition coefficient (Wildman–Crippen LogP) is 1.08. The first-order valence-electron chi connectivity index (χ1n) is 8.80. The number of carbonyl (C=O) groups excluding carboxylic acids is 2. The van der Waals surface area contributed by atoms with Gasteiger partial charge in [0.15, 0.2) is 9.84 Å². The van der Waals surface area contributed by atoms with Crippen LogP contribution >= 0.6 is 0 Å². The SMILES string of the molecule is Cc1ccc(OCCOC(=O)C2=NN([C@H]3CCS(=O)(=O)C3)C(=O)CC2)cc1. The van der Waals surface area contributed by atoms with Gasteiger partial charge in [-0.3, -0.25) is 4.79 Å². The Balaban J connectivity index is 1.52. The first-order valence-corrected chi connectivity index (χ1v) is 10.6. The lowest BCUT2D eigenvalue weighted by molar-refractivity contribution is -0.137. The van der Waals surface area contributed by atoms with Crippen molar-refractivity contribution in [3.05, 3.63) is 29.8 Å². The average molecular weight is 394 g/mol. The van der Waals surface area contributed by atoms with E-state index in [1.165, 1.54) is 0 Å². The molecule has 0 spiro atoms. The second-order valence-electron chi connectivity index (χ2n) is 6.64. The molecule has 0 N–H and O–H groups in total. The number of carbonyl (C=O) groups is 2. The third-order valence-electron chi connectivity index (χ3n) is 4.46. The van der Waals surface area contributed by atoms with Crippen molar-refractivity contribution in [2.75, 3.05) is 24.7 Å². The maximum Gasteiger partial charge on any atom is 0.354 e. The third kappa shape index (κ3) is 5.06. The maximum atomic E-state index is 12.2. The van der Waals surface area contributed by atoms with E-state index < -0.39 is 21.8 Å². The molecule has 2 heterocycles. The summed E-state index contributed by atoms with van der Waals surface area (Å²) in [6, 6.07) is 7.01. The largest absolute Gasteiger partial charge is 0.490 e. The van der Waals surface area contributed by atoms with Gasteiger partial charge in [0.05, 0.1) is 17.5 Å². The van der Waals surface area contributed by atoms with Crippen LogP contribution in [-0.2, 0) is 24.2 Å². The fraction of sp³-hybridized carbons (Fsp3) is 0.500. The molecule has 0 aliphatic carbocycles. The summed E-state index contributed by atoms with van der Waals surface area (Å²) in [5.41, 5.74) is 1.26. The molecule has 0 bridgehead atoms. The van der Waals surface area contributed by atoms with Gasteiger partial charge >= 0.3 is 5.97 Å². The number of ether oxygens (including phenoxy) is 2. The fourth-order valence-corrected chi connectivity index (χ4v) is 4.68. The Morgan fingerprint density at radius 1 is 1.22 bits per heavy atom. The van der Waals surface area contributed by atoms with Gasteiger partial charge in [0, 0.05) is 12.8 Å². The molecular weight excluding hydrogens is 372 g/mol. The van der Waals surface area contributed by atoms with Crippen LogP contribution in [0.15, 0.2) is 29.4 Å². The van der Waals surface area contributed by atoms with Gasteiger partial charge < -0.3 is 9.47 Å². The van der Waals surface area contributed by atoms with Crippen molar-refractivity contribution in [3.8, 4) is 5.75 Å². The van der Waals surface area contributed by atoms with Crippen LogP contribution in [0.2, 0.25) is 0 Å². The molecule has 1 atom stereocenters. The third-order valence-corrected chi connectivity index (χ3v) is 6.21. The molecule has 0 saturated carbocycles. The van der Waals surface area contributed by atoms with Crippen LogP contribution in [-0.4, -0.2) is 61.8 Å². The molecule has 0 unspecified atom stereocenters. The van der Waals surface area contributed by atoms with Crippen molar-refractivity contribution in [1.82, 2.24) is 5.01 Å². The van der Waals surface area contributed by atoms with E-state index in [-0.39, 0.29) is 49.2 Å². The molecule has 1 aromatic rings. The summed E-state index contributed by atoms with van der Waals surface area (Å²) in [5, 5.41) is 5.22. The van der Waals surface area contributed by atoms with Crippen molar-refractivity contribution in [2.24, 2.45) is 5.10 Å². The highest BCUT2D eigenvalue weighted by Gasteiger charge is 2.37. The molecule has 2 aliphatic rings. The molecule has 1 saturated heterocycles. The van der Waals surface area contributed by atoms with Crippen molar-refractivity contribution in [2.45, 2.75) is 32.2 Å². The Bertz CT molecular complexity index is 847. The fourth-order valence-electron chi connectivity index (χ4n) is 2.98. The highest BCUT2D eigenvalue weighted by molar-refractivity contribution is 7.91. The second kappa shape index (κ2) is 8.08. The summed E-state index contributed by atoms with van der Waals surface area (Å²) in [4.78, 5) is 24.2. The van der Waals surface area contributed by atoms with Crippen LogP contribution in [0.3, 0.4) is 0 Å². The Kier molecular flexibility index (Phi) is 5.79. The Labute approximate surface area is 158 Å². The molecular formula is C18H22N2O6S. The van der Waals surface area contributed by atoms with Gasteiger partial charge in [0.25, 0.3) is 0 Å². The van der Waals surface area contributed by atoms with Crippen LogP contribution in [0, 0.1) is 6.92 Å². The normalized spacial score (nSPS) is 21.7. The van der Waals surface area contributed by atoms with Crippen molar-refractivity contribution in [1.29, 1.82) is 0 Å². The van der Waals surface area contributed by atoms with Crippen molar-refractivity contribution in [3.63, 3.8) is 0 Å². The molecule has 8 nitrogen and oxygen atoms in total. The van der Waals surface area contributed by atoms with Gasteiger partial charge in [-0.15, -0.1) is 0 Å². The summed E-state index contributed by atoms with van der Waals surface area (Å²) in [6.45, 7) is 2.23. The molecule has 1 fully saturated rings. The summed E-state index contributed by atoms with van der Waals surface area (Å²) in [6.07, 6.45) is 0.640. The van der Waals surface area contributed by atoms with Gasteiger partial charge in [-0.1, -0.05) is 17.7 Å². The number of sulfone groups is 1. The molecule has 1 aromatic carbocycles. The summed E-state index contributed by atoms with van der Waals surface area (Å²) < 4.78 is 33.9. The van der Waals surface area contributed by atoms with Gasteiger partial charge in [0.2, 0.25) is 5.91 Å². The van der Waals surface area contributed by atoms with Crippen LogP contribution in [0.4, 0.5) is 0 Å². The summed E-state index contributed by atoms with van der Waals surface area (Å²) in [7, 11) is -3.15. The van der Waals surface area contributed by atoms with E-state index >= 15 is 0 Å². The van der Waals surface area contributed by atoms with Crippen LogP contribution in [0.25, 0.3) is 0 Å². The minimum Gasteiger partial charge on any atom is -0.490 e. The lowest BCUT2D eigenvalue weighted by Gasteiger charge is -2.27. The van der Waals surface area contributed by atoms with Gasteiger partial charge in [-0.2, -0.15) is 5.10 Å². The minimum atomic E-state index is -3.15. The maximum absolute atomic E-state index is 12.2. The number of esters is 1. The first kappa shape index (κ1) is 19.3. The van der Waals surface area contributed by atoms with Gasteiger partial charge in [-0.05, 0) is 25.5 Å². The van der Waals surface area contributed by atoms with E-state index in [0.29, 0.717) is 12.2 Å². The molecule has 27 heavy (non-hydrogen) atoms. The lowest BCUT2D eigenvalue weighted by Crippen LogP contribution is -2.42. The molecule has 3 rings (SSSR count). The van der Waals surface area contributed by atoms with Gasteiger partial charge in [-0.25, -0.2) is 18.2 Å². The smallest absolute Gasteiger partial charge is 0.354 e. The minimum absolute atomic E-state index is 0.0348. The lowest BCUT2D eigenvalue weighted by atomic mass is 10.1. The summed E-state index contributed by atoms with van der Waals surface area (Å²) >= 11 is 0. The molecule has 0 radical (unpaired) electrons. The molecule has 1 amide bonds. The quantitative estimate of drug-likeness (QED) is 0.528. The van der Waals surface area contributed by atoms with E-state index in [1.54, 1.807) is 0 Å².